The van der Waals surface area contributed by atoms with Crippen molar-refractivity contribution in [2.75, 3.05) is 31.1 Å². The van der Waals surface area contributed by atoms with Gasteiger partial charge in [-0.2, -0.15) is 13.2 Å². The first-order valence-corrected chi connectivity index (χ1v) is 11.4. The first-order valence-electron chi connectivity index (χ1n) is 11.4. The van der Waals surface area contributed by atoms with Gasteiger partial charge in [0.25, 0.3) is 5.56 Å². The zero-order chi connectivity index (χ0) is 25.4. The van der Waals surface area contributed by atoms with Crippen molar-refractivity contribution in [1.82, 2.24) is 14.9 Å². The van der Waals surface area contributed by atoms with Crippen molar-refractivity contribution < 1.29 is 13.2 Å². The molecule has 0 bridgehead atoms. The number of anilines is 1. The fourth-order valence-corrected chi connectivity index (χ4v) is 4.65. The summed E-state index contributed by atoms with van der Waals surface area (Å²) in [5, 5.41) is 11.9. The fourth-order valence-electron chi connectivity index (χ4n) is 4.65. The average molecular weight is 493 g/mol. The van der Waals surface area contributed by atoms with Gasteiger partial charge < -0.3 is 21.4 Å². The van der Waals surface area contributed by atoms with Crippen LogP contribution in [0.25, 0.3) is 33.1 Å². The number of halogens is 3. The molecule has 1 fully saturated rings. The summed E-state index contributed by atoms with van der Waals surface area (Å²) in [5.74, 6) is 0. The summed E-state index contributed by atoms with van der Waals surface area (Å²) < 4.78 is 43.9. The molecule has 1 saturated heterocycles. The van der Waals surface area contributed by atoms with Gasteiger partial charge in [0, 0.05) is 72.9 Å². The Bertz CT molecular complexity index is 1570. The summed E-state index contributed by atoms with van der Waals surface area (Å²) in [6.07, 6.45) is -0.614. The molecule has 2 aromatic carbocycles. The Morgan fingerprint density at radius 1 is 1.08 bits per heavy atom. The predicted octanol–water partition coefficient (Wildman–Crippen LogP) is 3.92. The zero-order valence-corrected chi connectivity index (χ0v) is 19.1. The fraction of sp³-hybridized carbons (Fsp3) is 0.192. The molecule has 2 aromatic heterocycles. The van der Waals surface area contributed by atoms with Gasteiger partial charge in [-0.25, -0.2) is 0 Å². The van der Waals surface area contributed by atoms with Gasteiger partial charge in [-0.15, -0.1) is 0 Å². The molecular weight excluding hydrogens is 469 g/mol. The first-order chi connectivity index (χ1) is 17.3. The number of pyridine rings is 2. The Morgan fingerprint density at radius 3 is 2.56 bits per heavy atom. The summed E-state index contributed by atoms with van der Waals surface area (Å²) in [6, 6.07) is 12.2. The van der Waals surface area contributed by atoms with Crippen LogP contribution in [0.3, 0.4) is 0 Å². The van der Waals surface area contributed by atoms with Crippen LogP contribution in [0.15, 0.2) is 65.7 Å². The van der Waals surface area contributed by atoms with Gasteiger partial charge >= 0.3 is 6.18 Å². The molecule has 4 N–H and O–H groups in total. The number of benzene rings is 2. The Balaban J connectivity index is 1.80. The van der Waals surface area contributed by atoms with E-state index in [4.69, 9.17) is 11.1 Å². The molecule has 0 amide bonds. The molecule has 0 unspecified atom stereocenters. The predicted molar refractivity (Wildman–Crippen MR) is 136 cm³/mol. The van der Waals surface area contributed by atoms with Gasteiger partial charge in [0.1, 0.15) is 0 Å². The summed E-state index contributed by atoms with van der Waals surface area (Å²) in [5.41, 5.74) is 6.67. The molecule has 1 aliphatic heterocycles. The van der Waals surface area contributed by atoms with Crippen LogP contribution in [0, 0.1) is 5.41 Å². The summed E-state index contributed by atoms with van der Waals surface area (Å²) >= 11 is 0. The summed E-state index contributed by atoms with van der Waals surface area (Å²) in [6.45, 7) is 2.11. The monoisotopic (exact) mass is 492 g/mol. The van der Waals surface area contributed by atoms with Crippen molar-refractivity contribution in [3.63, 3.8) is 0 Å². The van der Waals surface area contributed by atoms with E-state index in [1.54, 1.807) is 41.4 Å². The third-order valence-electron chi connectivity index (χ3n) is 6.39. The van der Waals surface area contributed by atoms with Crippen molar-refractivity contribution in [3.05, 3.63) is 82.4 Å². The summed E-state index contributed by atoms with van der Waals surface area (Å²) in [4.78, 5) is 19.3. The van der Waals surface area contributed by atoms with E-state index in [9.17, 15) is 18.0 Å². The van der Waals surface area contributed by atoms with Gasteiger partial charge in [-0.05, 0) is 42.0 Å². The number of alkyl halides is 3. The largest absolute Gasteiger partial charge is 0.418 e. The van der Waals surface area contributed by atoms with Crippen LogP contribution in [-0.2, 0) is 6.18 Å². The average Bonchev–Trinajstić information content (AvgIpc) is 2.89. The number of aromatic nitrogens is 2. The van der Waals surface area contributed by atoms with Crippen molar-refractivity contribution >= 4 is 39.3 Å². The van der Waals surface area contributed by atoms with Crippen LogP contribution in [0.5, 0.6) is 0 Å². The molecule has 3 heterocycles. The number of hydrogen-bond donors (Lipinski definition) is 3. The Hall–Kier alpha value is -4.18. The van der Waals surface area contributed by atoms with Crippen molar-refractivity contribution in [2.45, 2.75) is 6.18 Å². The maximum absolute atomic E-state index is 14.2. The van der Waals surface area contributed by atoms with E-state index in [-0.39, 0.29) is 11.4 Å². The lowest BCUT2D eigenvalue weighted by atomic mass is 10.0. The van der Waals surface area contributed by atoms with Gasteiger partial charge in [0.2, 0.25) is 0 Å². The highest BCUT2D eigenvalue weighted by molar-refractivity contribution is 6.11. The minimum Gasteiger partial charge on any atom is -0.404 e. The number of fused-ring (bicyclic) bond motifs is 3. The van der Waals surface area contributed by atoms with Crippen LogP contribution in [0.2, 0.25) is 0 Å². The second-order valence-electron chi connectivity index (χ2n) is 8.50. The molecule has 184 valence electrons. The summed E-state index contributed by atoms with van der Waals surface area (Å²) in [7, 11) is 0. The van der Waals surface area contributed by atoms with E-state index in [1.807, 2.05) is 0 Å². The molecule has 0 spiro atoms. The highest BCUT2D eigenvalue weighted by atomic mass is 19.4. The van der Waals surface area contributed by atoms with E-state index in [1.165, 1.54) is 22.9 Å². The van der Waals surface area contributed by atoms with Gasteiger partial charge in [0.05, 0.1) is 22.3 Å². The second kappa shape index (κ2) is 9.12. The lowest BCUT2D eigenvalue weighted by Crippen LogP contribution is -2.44. The van der Waals surface area contributed by atoms with E-state index in [0.29, 0.717) is 59.1 Å². The molecule has 7 nitrogen and oxygen atoms in total. The molecule has 1 aliphatic rings. The molecule has 4 aromatic rings. The molecule has 36 heavy (non-hydrogen) atoms. The number of hydrogen-bond acceptors (Lipinski definition) is 6. The molecule has 5 rings (SSSR count). The first kappa shape index (κ1) is 23.6. The van der Waals surface area contributed by atoms with Gasteiger partial charge in [-0.1, -0.05) is 6.07 Å². The molecule has 0 radical (unpaired) electrons. The van der Waals surface area contributed by atoms with E-state index >= 15 is 0 Å². The van der Waals surface area contributed by atoms with Crippen LogP contribution in [0.1, 0.15) is 11.1 Å². The van der Waals surface area contributed by atoms with Gasteiger partial charge in [-0.3, -0.25) is 14.3 Å². The van der Waals surface area contributed by atoms with Crippen LogP contribution in [-0.4, -0.2) is 41.9 Å². The van der Waals surface area contributed by atoms with Crippen LogP contribution >= 0.6 is 0 Å². The molecule has 0 atom stereocenters. The number of piperazine rings is 1. The van der Waals surface area contributed by atoms with Crippen molar-refractivity contribution in [1.29, 1.82) is 5.41 Å². The minimum atomic E-state index is -4.61. The number of rotatable bonds is 4. The molecule has 10 heteroatoms. The maximum Gasteiger partial charge on any atom is 0.418 e. The Kier molecular flexibility index (Phi) is 5.97. The molecular formula is C26H23F3N6O. The quantitative estimate of drug-likeness (QED) is 0.296. The van der Waals surface area contributed by atoms with Gasteiger partial charge in [0.15, 0.2) is 0 Å². The Labute approximate surface area is 204 Å². The second-order valence-corrected chi connectivity index (χ2v) is 8.50. The highest BCUT2D eigenvalue weighted by Gasteiger charge is 2.36. The lowest BCUT2D eigenvalue weighted by molar-refractivity contribution is -0.137. The third-order valence-corrected chi connectivity index (χ3v) is 6.39. The zero-order valence-electron chi connectivity index (χ0n) is 19.1. The van der Waals surface area contributed by atoms with E-state index < -0.39 is 17.3 Å². The SMILES string of the molecule is N=C/C(=C\N)c1ccc2ncc3ccc(=O)n(-c4ccc(N5CCNCC5)c(C(F)(F)F)c4)c3c2c1. The third kappa shape index (κ3) is 4.09. The molecule has 0 aliphatic carbocycles. The standard InChI is InChI=1S/C26H23F3N6O/c27-26(28,29)21-12-19(3-5-23(21)34-9-7-32-8-10-34)35-24(36)6-2-17-15-33-22-4-1-16(18(13-30)14-31)11-20(22)25(17)35/h1-6,11-15,30,32H,7-10,31H2/b18-14+,30-13?. The van der Waals surface area contributed by atoms with Crippen LogP contribution < -0.4 is 21.5 Å². The van der Waals surface area contributed by atoms with Crippen LogP contribution in [0.4, 0.5) is 18.9 Å². The minimum absolute atomic E-state index is 0.0959. The maximum atomic E-state index is 14.2. The van der Waals surface area contributed by atoms with E-state index in [2.05, 4.69) is 10.3 Å². The van der Waals surface area contributed by atoms with Crippen molar-refractivity contribution in [3.8, 4) is 5.69 Å². The number of allylic oxidation sites excluding steroid dienone is 1. The topological polar surface area (TPSA) is 100 Å². The smallest absolute Gasteiger partial charge is 0.404 e. The number of nitrogens with zero attached hydrogens (tertiary/aromatic N) is 3. The number of nitrogens with one attached hydrogen (secondary N) is 2. The highest BCUT2D eigenvalue weighted by Crippen LogP contribution is 2.38. The van der Waals surface area contributed by atoms with Crippen molar-refractivity contribution in [2.24, 2.45) is 5.73 Å². The van der Waals surface area contributed by atoms with E-state index in [0.717, 1.165) is 12.3 Å². The normalized spacial score (nSPS) is 15.0. The Morgan fingerprint density at radius 2 is 1.86 bits per heavy atom. The number of nitrogens with two attached hydrogens (primary N) is 1. The molecule has 0 saturated carbocycles. The lowest BCUT2D eigenvalue weighted by Gasteiger charge is -2.32.